The summed E-state index contributed by atoms with van der Waals surface area (Å²) >= 11 is 0. The fourth-order valence-corrected chi connectivity index (χ4v) is 2.23. The minimum Gasteiger partial charge on any atom is -0.352 e. The topological polar surface area (TPSA) is 55.1 Å². The summed E-state index contributed by atoms with van der Waals surface area (Å²) in [7, 11) is 0. The molecule has 116 valence electrons. The minimum atomic E-state index is -0.174. The predicted octanol–water partition coefficient (Wildman–Crippen LogP) is 3.26. The molecule has 22 heavy (non-hydrogen) atoms. The zero-order chi connectivity index (χ0) is 16.1. The average Bonchev–Trinajstić information content (AvgIpc) is 2.52. The predicted molar refractivity (Wildman–Crippen MR) is 91.3 cm³/mol. The Balaban J connectivity index is 1.99. The SMILES string of the molecule is Cc1cccc(-c2ccc(CNC(=O)C(C)C(C)N)cc2)c1. The first kappa shape index (κ1) is 16.2. The Hall–Kier alpha value is -2.13. The van der Waals surface area contributed by atoms with Crippen LogP contribution in [-0.2, 0) is 11.3 Å². The van der Waals surface area contributed by atoms with E-state index in [1.54, 1.807) is 0 Å². The molecule has 0 saturated heterocycles. The number of benzene rings is 2. The maximum atomic E-state index is 11.9. The van der Waals surface area contributed by atoms with Crippen molar-refractivity contribution in [3.8, 4) is 11.1 Å². The second-order valence-electron chi connectivity index (χ2n) is 5.93. The summed E-state index contributed by atoms with van der Waals surface area (Å²) in [6, 6.07) is 16.6. The molecule has 0 saturated carbocycles. The molecule has 0 radical (unpaired) electrons. The van der Waals surface area contributed by atoms with E-state index in [2.05, 4.69) is 60.8 Å². The molecule has 3 N–H and O–H groups in total. The normalized spacial score (nSPS) is 13.5. The van der Waals surface area contributed by atoms with Gasteiger partial charge in [0, 0.05) is 18.5 Å². The van der Waals surface area contributed by atoms with Gasteiger partial charge in [-0.2, -0.15) is 0 Å². The lowest BCUT2D eigenvalue weighted by Gasteiger charge is -2.15. The van der Waals surface area contributed by atoms with E-state index in [0.717, 1.165) is 5.56 Å². The molecule has 3 heteroatoms. The maximum absolute atomic E-state index is 11.9. The van der Waals surface area contributed by atoms with Crippen molar-refractivity contribution < 1.29 is 4.79 Å². The summed E-state index contributed by atoms with van der Waals surface area (Å²) in [5.74, 6) is -0.177. The molecule has 0 aliphatic carbocycles. The molecule has 2 aromatic carbocycles. The number of hydrogen-bond donors (Lipinski definition) is 2. The van der Waals surface area contributed by atoms with Gasteiger partial charge in [-0.25, -0.2) is 0 Å². The minimum absolute atomic E-state index is 0.00207. The van der Waals surface area contributed by atoms with Gasteiger partial charge >= 0.3 is 0 Å². The van der Waals surface area contributed by atoms with Crippen LogP contribution >= 0.6 is 0 Å². The third-order valence-electron chi connectivity index (χ3n) is 3.97. The van der Waals surface area contributed by atoms with E-state index in [1.807, 2.05) is 13.8 Å². The highest BCUT2D eigenvalue weighted by molar-refractivity contribution is 5.78. The summed E-state index contributed by atoms with van der Waals surface area (Å²) in [6.07, 6.45) is 0. The van der Waals surface area contributed by atoms with Crippen LogP contribution in [0, 0.1) is 12.8 Å². The third kappa shape index (κ3) is 4.18. The molecular formula is C19H24N2O. The molecule has 0 aliphatic heterocycles. The molecule has 2 unspecified atom stereocenters. The Morgan fingerprint density at radius 3 is 2.36 bits per heavy atom. The Kier molecular flexibility index (Phi) is 5.34. The standard InChI is InChI=1S/C19H24N2O/c1-13-5-4-6-18(11-13)17-9-7-16(8-10-17)12-21-19(22)14(2)15(3)20/h4-11,14-15H,12,20H2,1-3H3,(H,21,22). The number of carbonyl (C=O) groups is 1. The van der Waals surface area contributed by atoms with Gasteiger partial charge in [-0.15, -0.1) is 0 Å². The van der Waals surface area contributed by atoms with Crippen LogP contribution < -0.4 is 11.1 Å². The van der Waals surface area contributed by atoms with E-state index in [-0.39, 0.29) is 17.9 Å². The van der Waals surface area contributed by atoms with E-state index in [9.17, 15) is 4.79 Å². The molecule has 2 aromatic rings. The second kappa shape index (κ2) is 7.23. The van der Waals surface area contributed by atoms with Crippen molar-refractivity contribution in [2.75, 3.05) is 0 Å². The highest BCUT2D eigenvalue weighted by Gasteiger charge is 2.16. The average molecular weight is 296 g/mol. The second-order valence-corrected chi connectivity index (χ2v) is 5.93. The number of hydrogen-bond acceptors (Lipinski definition) is 2. The summed E-state index contributed by atoms with van der Waals surface area (Å²) in [6.45, 7) is 6.32. The molecule has 0 aliphatic rings. The first-order valence-electron chi connectivity index (χ1n) is 7.66. The fourth-order valence-electron chi connectivity index (χ4n) is 2.23. The van der Waals surface area contributed by atoms with E-state index >= 15 is 0 Å². The Morgan fingerprint density at radius 1 is 1.09 bits per heavy atom. The zero-order valence-electron chi connectivity index (χ0n) is 13.5. The molecule has 0 fully saturated rings. The van der Waals surface area contributed by atoms with Gasteiger partial charge in [0.15, 0.2) is 0 Å². The van der Waals surface area contributed by atoms with Gasteiger partial charge < -0.3 is 11.1 Å². The van der Waals surface area contributed by atoms with Gasteiger partial charge in [0.25, 0.3) is 0 Å². The number of nitrogens with one attached hydrogen (secondary N) is 1. The first-order chi connectivity index (χ1) is 10.5. The summed E-state index contributed by atoms with van der Waals surface area (Å²) in [4.78, 5) is 11.9. The van der Waals surface area contributed by atoms with Crippen LogP contribution in [0.2, 0.25) is 0 Å². The van der Waals surface area contributed by atoms with Crippen molar-refractivity contribution >= 4 is 5.91 Å². The molecule has 2 rings (SSSR count). The van der Waals surface area contributed by atoms with E-state index in [0.29, 0.717) is 6.54 Å². The van der Waals surface area contributed by atoms with Crippen molar-refractivity contribution in [2.24, 2.45) is 11.7 Å². The largest absolute Gasteiger partial charge is 0.352 e. The lowest BCUT2D eigenvalue weighted by molar-refractivity contribution is -0.125. The van der Waals surface area contributed by atoms with Gasteiger partial charge in [0.05, 0.1) is 0 Å². The molecule has 0 spiro atoms. The molecular weight excluding hydrogens is 272 g/mol. The number of nitrogens with two attached hydrogens (primary N) is 1. The molecule has 1 amide bonds. The quantitative estimate of drug-likeness (QED) is 0.890. The van der Waals surface area contributed by atoms with Gasteiger partial charge in [0.1, 0.15) is 0 Å². The van der Waals surface area contributed by atoms with Gasteiger partial charge in [-0.05, 0) is 30.5 Å². The fraction of sp³-hybridized carbons (Fsp3) is 0.316. The maximum Gasteiger partial charge on any atom is 0.224 e. The Bertz CT molecular complexity index is 632. The molecule has 0 bridgehead atoms. The number of carbonyl (C=O) groups excluding carboxylic acids is 1. The number of amides is 1. The van der Waals surface area contributed by atoms with Crippen molar-refractivity contribution in [1.29, 1.82) is 0 Å². The van der Waals surface area contributed by atoms with Crippen LogP contribution in [0.4, 0.5) is 0 Å². The van der Waals surface area contributed by atoms with Crippen LogP contribution in [0.3, 0.4) is 0 Å². The van der Waals surface area contributed by atoms with Crippen LogP contribution in [0.25, 0.3) is 11.1 Å². The van der Waals surface area contributed by atoms with E-state index in [1.165, 1.54) is 16.7 Å². The highest BCUT2D eigenvalue weighted by atomic mass is 16.1. The Morgan fingerprint density at radius 2 is 1.77 bits per heavy atom. The summed E-state index contributed by atoms with van der Waals surface area (Å²) in [5, 5.41) is 2.93. The number of rotatable bonds is 5. The van der Waals surface area contributed by atoms with Crippen molar-refractivity contribution in [1.82, 2.24) is 5.32 Å². The van der Waals surface area contributed by atoms with Crippen molar-refractivity contribution in [3.05, 3.63) is 59.7 Å². The first-order valence-corrected chi connectivity index (χ1v) is 7.66. The molecule has 0 heterocycles. The van der Waals surface area contributed by atoms with E-state index in [4.69, 9.17) is 5.73 Å². The van der Waals surface area contributed by atoms with Crippen LogP contribution in [0.1, 0.15) is 25.0 Å². The van der Waals surface area contributed by atoms with Crippen molar-refractivity contribution in [3.63, 3.8) is 0 Å². The third-order valence-corrected chi connectivity index (χ3v) is 3.97. The van der Waals surface area contributed by atoms with Crippen LogP contribution in [0.5, 0.6) is 0 Å². The zero-order valence-corrected chi connectivity index (χ0v) is 13.5. The molecule has 3 nitrogen and oxygen atoms in total. The lowest BCUT2D eigenvalue weighted by atomic mass is 10.0. The van der Waals surface area contributed by atoms with Gasteiger partial charge in [-0.3, -0.25) is 4.79 Å². The van der Waals surface area contributed by atoms with Crippen molar-refractivity contribution in [2.45, 2.75) is 33.4 Å². The van der Waals surface area contributed by atoms with Gasteiger partial charge in [0.2, 0.25) is 5.91 Å². The van der Waals surface area contributed by atoms with Crippen LogP contribution in [-0.4, -0.2) is 11.9 Å². The summed E-state index contributed by atoms with van der Waals surface area (Å²) < 4.78 is 0. The molecule has 2 atom stereocenters. The van der Waals surface area contributed by atoms with E-state index < -0.39 is 0 Å². The van der Waals surface area contributed by atoms with Crippen LogP contribution in [0.15, 0.2) is 48.5 Å². The monoisotopic (exact) mass is 296 g/mol. The van der Waals surface area contributed by atoms with Gasteiger partial charge in [-0.1, -0.05) is 61.0 Å². The number of aryl methyl sites for hydroxylation is 1. The Labute approximate surface area is 132 Å². The lowest BCUT2D eigenvalue weighted by Crippen LogP contribution is -2.38. The smallest absolute Gasteiger partial charge is 0.224 e. The highest BCUT2D eigenvalue weighted by Crippen LogP contribution is 2.20. The summed E-state index contributed by atoms with van der Waals surface area (Å²) in [5.41, 5.74) is 10.5. The molecule has 0 aromatic heterocycles.